The predicted molar refractivity (Wildman–Crippen MR) is 75.2 cm³/mol. The summed E-state index contributed by atoms with van der Waals surface area (Å²) in [7, 11) is 0. The number of nitrogens with one attached hydrogen (secondary N) is 2. The molecule has 1 rings (SSSR count). The summed E-state index contributed by atoms with van der Waals surface area (Å²) in [4.78, 5) is 28.2. The van der Waals surface area contributed by atoms with Gasteiger partial charge in [-0.2, -0.15) is 0 Å². The van der Waals surface area contributed by atoms with Gasteiger partial charge < -0.3 is 5.11 Å². The highest BCUT2D eigenvalue weighted by molar-refractivity contribution is 6.20. The summed E-state index contributed by atoms with van der Waals surface area (Å²) in [5.41, 5.74) is -0.971. The van der Waals surface area contributed by atoms with Crippen molar-refractivity contribution in [3.8, 4) is 0 Å². The minimum atomic E-state index is -0.971. The molecule has 1 aliphatic rings. The lowest BCUT2D eigenvalue weighted by molar-refractivity contribution is -0.144. The van der Waals surface area contributed by atoms with Gasteiger partial charge in [-0.1, -0.05) is 26.7 Å². The van der Waals surface area contributed by atoms with E-state index in [1.54, 1.807) is 0 Å². The summed E-state index contributed by atoms with van der Waals surface area (Å²) < 4.78 is 0. The third kappa shape index (κ3) is 3.91. The molecule has 1 fully saturated rings. The molecule has 0 atom stereocenters. The third-order valence-corrected chi connectivity index (χ3v) is 3.06. The Morgan fingerprint density at radius 1 is 1.11 bits per heavy atom. The Bertz CT molecular complexity index is 330. The van der Waals surface area contributed by atoms with E-state index in [-0.39, 0.29) is 43.3 Å². The number of carbonyl (C=O) groups is 2. The molecule has 0 bridgehead atoms. The van der Waals surface area contributed by atoms with Gasteiger partial charge in [0.25, 0.3) is 0 Å². The largest absolute Gasteiger partial charge is 0.394 e. The summed E-state index contributed by atoms with van der Waals surface area (Å²) in [6.45, 7) is 3.94. The molecule has 0 aromatic heterocycles. The van der Waals surface area contributed by atoms with E-state index in [9.17, 15) is 9.59 Å². The molecule has 1 saturated heterocycles. The topological polar surface area (TPSA) is 90.8 Å². The monoisotopic (exact) mass is 291 g/mol. The zero-order valence-electron chi connectivity index (χ0n) is 11.4. The van der Waals surface area contributed by atoms with Crippen LogP contribution in [0.3, 0.4) is 0 Å². The lowest BCUT2D eigenvalue weighted by Gasteiger charge is -2.35. The normalized spacial score (nSPS) is 17.3. The number of aliphatic imine (C=N–C) groups is 1. The van der Waals surface area contributed by atoms with Gasteiger partial charge in [0.2, 0.25) is 17.8 Å². The van der Waals surface area contributed by atoms with E-state index in [1.165, 1.54) is 0 Å². The van der Waals surface area contributed by atoms with E-state index in [0.29, 0.717) is 12.8 Å². The summed E-state index contributed by atoms with van der Waals surface area (Å²) in [5.74, 6) is -0.430. The maximum atomic E-state index is 12.2. The fourth-order valence-electron chi connectivity index (χ4n) is 2.26. The van der Waals surface area contributed by atoms with Gasteiger partial charge in [-0.25, -0.2) is 0 Å². The fourth-order valence-corrected chi connectivity index (χ4v) is 2.26. The van der Waals surface area contributed by atoms with Crippen molar-refractivity contribution in [3.05, 3.63) is 0 Å². The highest BCUT2D eigenvalue weighted by Crippen LogP contribution is 2.32. The Hall–Kier alpha value is -1.14. The molecule has 0 saturated carbocycles. The molecule has 1 aliphatic heterocycles. The van der Waals surface area contributed by atoms with E-state index in [4.69, 9.17) is 5.11 Å². The van der Waals surface area contributed by atoms with E-state index in [0.717, 1.165) is 12.8 Å². The number of aliphatic hydroxyl groups excluding tert-OH is 1. The number of hydrogen-bond acceptors (Lipinski definition) is 4. The number of rotatable bonds is 6. The van der Waals surface area contributed by atoms with Gasteiger partial charge in [-0.3, -0.25) is 25.2 Å². The van der Waals surface area contributed by atoms with Gasteiger partial charge in [-0.15, -0.1) is 12.4 Å². The Balaban J connectivity index is 0.00000324. The van der Waals surface area contributed by atoms with Crippen molar-refractivity contribution in [3.63, 3.8) is 0 Å². The Labute approximate surface area is 119 Å². The lowest BCUT2D eigenvalue weighted by atomic mass is 9.76. The van der Waals surface area contributed by atoms with Gasteiger partial charge in [0, 0.05) is 0 Å². The SMILES string of the molecule is CCCC1(CCC)C(=O)NC(=NCCO)NC1=O.Cl. The average molecular weight is 292 g/mol. The van der Waals surface area contributed by atoms with Gasteiger partial charge in [0.05, 0.1) is 13.2 Å². The first-order valence-electron chi connectivity index (χ1n) is 6.39. The van der Waals surface area contributed by atoms with Crippen LogP contribution in [0, 0.1) is 5.41 Å². The van der Waals surface area contributed by atoms with Crippen LogP contribution in [0.5, 0.6) is 0 Å². The second-order valence-electron chi connectivity index (χ2n) is 4.44. The standard InChI is InChI=1S/C12H21N3O3.ClH/c1-3-5-12(6-4-2)9(17)14-11(13-7-8-16)15-10(12)18;/h16H,3-8H2,1-2H3,(H2,13,14,15,17,18);1H. The van der Waals surface area contributed by atoms with E-state index < -0.39 is 5.41 Å². The van der Waals surface area contributed by atoms with Crippen molar-refractivity contribution in [2.75, 3.05) is 13.2 Å². The van der Waals surface area contributed by atoms with Gasteiger partial charge in [-0.05, 0) is 12.8 Å². The smallest absolute Gasteiger partial charge is 0.242 e. The van der Waals surface area contributed by atoms with Crippen LogP contribution >= 0.6 is 12.4 Å². The molecule has 6 nitrogen and oxygen atoms in total. The van der Waals surface area contributed by atoms with Crippen LogP contribution in [0.4, 0.5) is 0 Å². The van der Waals surface area contributed by atoms with Crippen molar-refractivity contribution in [2.24, 2.45) is 10.4 Å². The number of guanidine groups is 1. The van der Waals surface area contributed by atoms with Gasteiger partial charge in [0.15, 0.2) is 0 Å². The Morgan fingerprint density at radius 3 is 1.95 bits per heavy atom. The molecular weight excluding hydrogens is 270 g/mol. The van der Waals surface area contributed by atoms with Crippen molar-refractivity contribution in [1.82, 2.24) is 10.6 Å². The number of hydrogen-bond donors (Lipinski definition) is 3. The van der Waals surface area contributed by atoms with Crippen molar-refractivity contribution < 1.29 is 14.7 Å². The molecule has 1 heterocycles. The van der Waals surface area contributed by atoms with E-state index in [2.05, 4.69) is 15.6 Å². The van der Waals surface area contributed by atoms with Crippen molar-refractivity contribution >= 4 is 30.2 Å². The zero-order chi connectivity index (χ0) is 13.6. The average Bonchev–Trinajstić information content (AvgIpc) is 2.33. The molecule has 2 amide bonds. The number of carbonyl (C=O) groups excluding carboxylic acids is 2. The van der Waals surface area contributed by atoms with Crippen LogP contribution in [0.15, 0.2) is 4.99 Å². The van der Waals surface area contributed by atoms with E-state index in [1.807, 2.05) is 13.8 Å². The highest BCUT2D eigenvalue weighted by atomic mass is 35.5. The zero-order valence-corrected chi connectivity index (χ0v) is 12.2. The third-order valence-electron chi connectivity index (χ3n) is 3.06. The lowest BCUT2D eigenvalue weighted by Crippen LogP contribution is -2.63. The maximum Gasteiger partial charge on any atom is 0.242 e. The van der Waals surface area contributed by atoms with Gasteiger partial charge >= 0.3 is 0 Å². The molecule has 0 aliphatic carbocycles. The minimum Gasteiger partial charge on any atom is -0.394 e. The molecular formula is C12H22ClN3O3. The molecule has 110 valence electrons. The number of halogens is 1. The first-order chi connectivity index (χ1) is 8.60. The van der Waals surface area contributed by atoms with Gasteiger partial charge in [0.1, 0.15) is 5.41 Å². The molecule has 0 spiro atoms. The Kier molecular flexibility index (Phi) is 7.63. The predicted octanol–water partition coefficient (Wildman–Crippen LogP) is 0.589. The van der Waals surface area contributed by atoms with Crippen LogP contribution in [-0.2, 0) is 9.59 Å². The molecule has 0 aromatic rings. The molecule has 19 heavy (non-hydrogen) atoms. The van der Waals surface area contributed by atoms with Crippen LogP contribution in [0.1, 0.15) is 39.5 Å². The summed E-state index contributed by atoms with van der Waals surface area (Å²) in [6, 6.07) is 0. The number of nitrogens with zero attached hydrogens (tertiary/aromatic N) is 1. The first-order valence-corrected chi connectivity index (χ1v) is 6.39. The second-order valence-corrected chi connectivity index (χ2v) is 4.44. The van der Waals surface area contributed by atoms with Crippen LogP contribution in [0.2, 0.25) is 0 Å². The van der Waals surface area contributed by atoms with Crippen molar-refractivity contribution in [1.29, 1.82) is 0 Å². The summed E-state index contributed by atoms with van der Waals surface area (Å²) in [5, 5.41) is 13.9. The summed E-state index contributed by atoms with van der Waals surface area (Å²) in [6.07, 6.45) is 2.60. The van der Waals surface area contributed by atoms with Crippen LogP contribution in [0.25, 0.3) is 0 Å². The fraction of sp³-hybridized carbons (Fsp3) is 0.750. The Morgan fingerprint density at radius 2 is 1.58 bits per heavy atom. The molecule has 3 N–H and O–H groups in total. The van der Waals surface area contributed by atoms with Crippen LogP contribution < -0.4 is 10.6 Å². The number of aliphatic hydroxyl groups is 1. The number of amides is 2. The quantitative estimate of drug-likeness (QED) is 0.626. The summed E-state index contributed by atoms with van der Waals surface area (Å²) >= 11 is 0. The maximum absolute atomic E-state index is 12.2. The van der Waals surface area contributed by atoms with E-state index >= 15 is 0 Å². The first kappa shape index (κ1) is 17.9. The minimum absolute atomic E-state index is 0. The molecule has 0 unspecified atom stereocenters. The molecule has 7 heteroatoms. The molecule has 0 radical (unpaired) electrons. The molecule has 0 aromatic carbocycles. The highest BCUT2D eigenvalue weighted by Gasteiger charge is 2.47. The second kappa shape index (κ2) is 8.12. The van der Waals surface area contributed by atoms with Crippen molar-refractivity contribution in [2.45, 2.75) is 39.5 Å². The van der Waals surface area contributed by atoms with Crippen LogP contribution in [-0.4, -0.2) is 36.0 Å².